The van der Waals surface area contributed by atoms with Gasteiger partial charge in [-0.2, -0.15) is 5.10 Å². The minimum absolute atomic E-state index is 0.113. The first-order valence-electron chi connectivity index (χ1n) is 7.83. The van der Waals surface area contributed by atoms with Gasteiger partial charge in [0.05, 0.1) is 17.0 Å². The van der Waals surface area contributed by atoms with Gasteiger partial charge in [0.1, 0.15) is 11.6 Å². The van der Waals surface area contributed by atoms with E-state index in [2.05, 4.69) is 50.0 Å². The molecule has 2 nitrogen and oxygen atoms in total. The number of fused-ring (bicyclic) bond motifs is 1. The number of hydrogen-bond donors (Lipinski definition) is 0. The predicted octanol–water partition coefficient (Wildman–Crippen LogP) is 5.01. The Bertz CT molecular complexity index is 759. The summed E-state index contributed by atoms with van der Waals surface area (Å²) in [5.41, 5.74) is 1.77. The lowest BCUT2D eigenvalue weighted by Crippen LogP contribution is -2.26. The molecule has 0 N–H and O–H groups in total. The molecular weight excluding hydrogens is 294 g/mol. The molecule has 1 atom stereocenters. The SMILES string of the molecule is CC(C)C1C=CC(C)(C)c2nnc(-c3c(F)cccc3F)cc21. The van der Waals surface area contributed by atoms with E-state index in [0.717, 1.165) is 11.3 Å². The third-order valence-corrected chi connectivity index (χ3v) is 4.45. The molecule has 2 aromatic rings. The molecule has 0 saturated carbocycles. The summed E-state index contributed by atoms with van der Waals surface area (Å²) in [6.07, 6.45) is 4.30. The van der Waals surface area contributed by atoms with Crippen molar-refractivity contribution in [1.29, 1.82) is 0 Å². The van der Waals surface area contributed by atoms with Crippen molar-refractivity contribution in [1.82, 2.24) is 10.2 Å². The molecule has 0 bridgehead atoms. The lowest BCUT2D eigenvalue weighted by molar-refractivity contribution is 0.517. The number of halogens is 2. The van der Waals surface area contributed by atoms with Crippen LogP contribution in [0.5, 0.6) is 0 Å². The fourth-order valence-electron chi connectivity index (χ4n) is 3.13. The van der Waals surface area contributed by atoms with Crippen molar-refractivity contribution in [3.63, 3.8) is 0 Å². The van der Waals surface area contributed by atoms with Crippen molar-refractivity contribution < 1.29 is 8.78 Å². The van der Waals surface area contributed by atoms with Crippen LogP contribution >= 0.6 is 0 Å². The summed E-state index contributed by atoms with van der Waals surface area (Å²) in [5.74, 6) is -0.706. The first-order chi connectivity index (χ1) is 10.8. The maximum atomic E-state index is 14.1. The molecule has 0 spiro atoms. The zero-order valence-corrected chi connectivity index (χ0v) is 13.8. The van der Waals surface area contributed by atoms with E-state index in [-0.39, 0.29) is 22.6 Å². The Hall–Kier alpha value is -2.10. The highest BCUT2D eigenvalue weighted by Gasteiger charge is 2.32. The van der Waals surface area contributed by atoms with E-state index in [0.29, 0.717) is 5.92 Å². The summed E-state index contributed by atoms with van der Waals surface area (Å²) in [6.45, 7) is 8.38. The normalized spacial score (nSPS) is 19.0. The van der Waals surface area contributed by atoms with Crippen LogP contribution in [0.3, 0.4) is 0 Å². The summed E-state index contributed by atoms with van der Waals surface area (Å²) in [6, 6.07) is 5.62. The molecule has 1 heterocycles. The number of aromatic nitrogens is 2. The molecule has 1 aliphatic carbocycles. The van der Waals surface area contributed by atoms with Crippen LogP contribution in [-0.4, -0.2) is 10.2 Å². The fraction of sp³-hybridized carbons (Fsp3) is 0.368. The Morgan fingerprint density at radius 3 is 2.35 bits per heavy atom. The summed E-state index contributed by atoms with van der Waals surface area (Å²) in [7, 11) is 0. The predicted molar refractivity (Wildman–Crippen MR) is 87.1 cm³/mol. The topological polar surface area (TPSA) is 25.8 Å². The minimum Gasteiger partial charge on any atom is -0.206 e. The lowest BCUT2D eigenvalue weighted by atomic mass is 9.73. The van der Waals surface area contributed by atoms with Crippen LogP contribution in [0, 0.1) is 17.6 Å². The van der Waals surface area contributed by atoms with E-state index in [1.807, 2.05) is 0 Å². The van der Waals surface area contributed by atoms with Crippen LogP contribution in [-0.2, 0) is 5.41 Å². The van der Waals surface area contributed by atoms with Gasteiger partial charge < -0.3 is 0 Å². The quantitative estimate of drug-likeness (QED) is 0.728. The molecular formula is C19H20F2N2. The molecule has 3 rings (SSSR count). The third kappa shape index (κ3) is 2.67. The second-order valence-electron chi connectivity index (χ2n) is 6.98. The summed E-state index contributed by atoms with van der Waals surface area (Å²) in [5, 5.41) is 8.44. The molecule has 1 aliphatic rings. The number of rotatable bonds is 2. The van der Waals surface area contributed by atoms with Gasteiger partial charge in [-0.1, -0.05) is 45.9 Å². The van der Waals surface area contributed by atoms with E-state index < -0.39 is 11.6 Å². The van der Waals surface area contributed by atoms with Crippen LogP contribution in [0.25, 0.3) is 11.3 Å². The smallest absolute Gasteiger partial charge is 0.135 e. The molecule has 0 radical (unpaired) electrons. The summed E-state index contributed by atoms with van der Waals surface area (Å²) >= 11 is 0. The Kier molecular flexibility index (Phi) is 3.78. The Balaban J connectivity index is 2.21. The second-order valence-corrected chi connectivity index (χ2v) is 6.98. The zero-order valence-electron chi connectivity index (χ0n) is 13.8. The van der Waals surface area contributed by atoms with E-state index in [1.54, 1.807) is 6.07 Å². The van der Waals surface area contributed by atoms with Crippen molar-refractivity contribution in [3.05, 3.63) is 59.3 Å². The number of hydrogen-bond acceptors (Lipinski definition) is 2. The van der Waals surface area contributed by atoms with Crippen molar-refractivity contribution in [2.75, 3.05) is 0 Å². The second kappa shape index (κ2) is 5.52. The minimum atomic E-state index is -0.619. The first-order valence-corrected chi connectivity index (χ1v) is 7.83. The molecule has 23 heavy (non-hydrogen) atoms. The molecule has 0 saturated heterocycles. The maximum Gasteiger partial charge on any atom is 0.135 e. The molecule has 1 unspecified atom stereocenters. The Labute approximate surface area is 135 Å². The van der Waals surface area contributed by atoms with Gasteiger partial charge in [0.2, 0.25) is 0 Å². The van der Waals surface area contributed by atoms with Crippen LogP contribution in [0.4, 0.5) is 8.78 Å². The van der Waals surface area contributed by atoms with E-state index >= 15 is 0 Å². The third-order valence-electron chi connectivity index (χ3n) is 4.45. The lowest BCUT2D eigenvalue weighted by Gasteiger charge is -2.32. The molecule has 4 heteroatoms. The monoisotopic (exact) mass is 314 g/mol. The fourth-order valence-corrected chi connectivity index (χ4v) is 3.13. The molecule has 1 aromatic carbocycles. The van der Waals surface area contributed by atoms with Crippen molar-refractivity contribution in [3.8, 4) is 11.3 Å². The number of allylic oxidation sites excluding steroid dienone is 2. The molecule has 1 aromatic heterocycles. The van der Waals surface area contributed by atoms with Crippen LogP contribution in [0.15, 0.2) is 36.4 Å². The van der Waals surface area contributed by atoms with E-state index in [1.165, 1.54) is 18.2 Å². The molecule has 120 valence electrons. The van der Waals surface area contributed by atoms with Crippen LogP contribution in [0.2, 0.25) is 0 Å². The Morgan fingerprint density at radius 2 is 1.74 bits per heavy atom. The molecule has 0 amide bonds. The van der Waals surface area contributed by atoms with Crippen molar-refractivity contribution in [2.45, 2.75) is 39.0 Å². The van der Waals surface area contributed by atoms with Gasteiger partial charge in [-0.3, -0.25) is 0 Å². The van der Waals surface area contributed by atoms with Crippen LogP contribution in [0.1, 0.15) is 44.9 Å². The first kappa shape index (κ1) is 15.8. The highest BCUT2D eigenvalue weighted by Crippen LogP contribution is 2.40. The average molecular weight is 314 g/mol. The zero-order chi connectivity index (χ0) is 16.8. The van der Waals surface area contributed by atoms with Gasteiger partial charge in [0.25, 0.3) is 0 Å². The standard InChI is InChI=1S/C19H20F2N2/c1-11(2)12-8-9-19(3,4)18-13(12)10-16(22-23-18)17-14(20)6-5-7-15(17)21/h5-12H,1-4H3. The average Bonchev–Trinajstić information content (AvgIpc) is 2.46. The van der Waals surface area contributed by atoms with Gasteiger partial charge in [-0.15, -0.1) is 5.10 Å². The molecule has 0 fully saturated rings. The molecule has 0 aliphatic heterocycles. The number of benzene rings is 1. The maximum absolute atomic E-state index is 14.1. The van der Waals surface area contributed by atoms with E-state index in [9.17, 15) is 8.78 Å². The van der Waals surface area contributed by atoms with Gasteiger partial charge in [0, 0.05) is 11.3 Å². The van der Waals surface area contributed by atoms with Crippen molar-refractivity contribution >= 4 is 0 Å². The summed E-state index contributed by atoms with van der Waals surface area (Å²) in [4.78, 5) is 0. The number of nitrogens with zero attached hydrogens (tertiary/aromatic N) is 2. The highest BCUT2D eigenvalue weighted by atomic mass is 19.1. The van der Waals surface area contributed by atoms with Gasteiger partial charge in [0.15, 0.2) is 0 Å². The van der Waals surface area contributed by atoms with Gasteiger partial charge in [-0.25, -0.2) is 8.78 Å². The summed E-state index contributed by atoms with van der Waals surface area (Å²) < 4.78 is 28.1. The highest BCUT2D eigenvalue weighted by molar-refractivity contribution is 5.62. The largest absolute Gasteiger partial charge is 0.206 e. The van der Waals surface area contributed by atoms with Gasteiger partial charge >= 0.3 is 0 Å². The van der Waals surface area contributed by atoms with E-state index in [4.69, 9.17) is 0 Å². The van der Waals surface area contributed by atoms with Crippen molar-refractivity contribution in [2.24, 2.45) is 5.92 Å². The Morgan fingerprint density at radius 1 is 1.09 bits per heavy atom. The van der Waals surface area contributed by atoms with Gasteiger partial charge in [-0.05, 0) is 29.7 Å². The van der Waals surface area contributed by atoms with Crippen LogP contribution < -0.4 is 0 Å².